The van der Waals surface area contributed by atoms with E-state index in [0.29, 0.717) is 50.0 Å². The van der Waals surface area contributed by atoms with Gasteiger partial charge in [0.2, 0.25) is 5.91 Å². The van der Waals surface area contributed by atoms with Gasteiger partial charge in [-0.15, -0.1) is 0 Å². The maximum absolute atomic E-state index is 13.2. The lowest BCUT2D eigenvalue weighted by Crippen LogP contribution is -2.36. The summed E-state index contributed by atoms with van der Waals surface area (Å²) >= 11 is 2.64. The number of ether oxygens (including phenoxy) is 3. The van der Waals surface area contributed by atoms with Crippen molar-refractivity contribution in [3.8, 4) is 17.2 Å². The molecule has 0 atom stereocenters. The Hall–Kier alpha value is -4.25. The number of anilines is 1. The van der Waals surface area contributed by atoms with Crippen LogP contribution in [0.25, 0.3) is 6.08 Å². The van der Waals surface area contributed by atoms with Gasteiger partial charge in [-0.1, -0.05) is 12.1 Å². The summed E-state index contributed by atoms with van der Waals surface area (Å²) in [6, 6.07) is 12.1. The molecule has 0 unspecified atom stereocenters. The Morgan fingerprint density at radius 3 is 2.38 bits per heavy atom. The molecule has 10 nitrogen and oxygen atoms in total. The lowest BCUT2D eigenvalue weighted by atomic mass is 10.1. The molecule has 3 amide bonds. The normalized spacial score (nSPS) is 14.1. The van der Waals surface area contributed by atoms with Gasteiger partial charge >= 0.3 is 12.1 Å². The van der Waals surface area contributed by atoms with Gasteiger partial charge in [-0.25, -0.2) is 4.79 Å². The van der Waals surface area contributed by atoms with E-state index in [2.05, 4.69) is 5.32 Å². The van der Waals surface area contributed by atoms with Gasteiger partial charge in [0.05, 0.1) is 39.0 Å². The van der Waals surface area contributed by atoms with Crippen LogP contribution >= 0.6 is 34.4 Å². The van der Waals surface area contributed by atoms with Crippen molar-refractivity contribution in [1.82, 2.24) is 4.90 Å². The molecule has 3 aromatic carbocycles. The predicted octanol–water partition coefficient (Wildman–Crippen LogP) is 6.67. The number of carbonyl (C=O) groups excluding carboxylic acids is 3. The summed E-state index contributed by atoms with van der Waals surface area (Å²) in [5.74, 6) is -1.94. The van der Waals surface area contributed by atoms with Crippen LogP contribution in [0, 0.1) is 3.57 Å². The second-order valence-corrected chi connectivity index (χ2v) is 11.4. The zero-order chi connectivity index (χ0) is 32.9. The number of hydrogen-bond acceptors (Lipinski definition) is 8. The molecular formula is C30H24F3IN2O8S. The van der Waals surface area contributed by atoms with Crippen LogP contribution in [0.5, 0.6) is 17.2 Å². The first-order chi connectivity index (χ1) is 21.3. The van der Waals surface area contributed by atoms with E-state index in [4.69, 9.17) is 19.3 Å². The third kappa shape index (κ3) is 8.27. The van der Waals surface area contributed by atoms with Crippen molar-refractivity contribution < 1.29 is 51.7 Å². The van der Waals surface area contributed by atoms with Gasteiger partial charge in [0, 0.05) is 0 Å². The summed E-state index contributed by atoms with van der Waals surface area (Å²) < 4.78 is 56.8. The summed E-state index contributed by atoms with van der Waals surface area (Å²) in [5, 5.41) is 10.6. The summed E-state index contributed by atoms with van der Waals surface area (Å²) in [5.41, 5.74) is 0.0990. The lowest BCUT2D eigenvalue weighted by Gasteiger charge is -2.16. The Bertz CT molecular complexity index is 1680. The lowest BCUT2D eigenvalue weighted by molar-refractivity contribution is -0.137. The zero-order valence-electron chi connectivity index (χ0n) is 23.6. The number of nitrogens with one attached hydrogen (secondary N) is 1. The van der Waals surface area contributed by atoms with Gasteiger partial charge in [-0.3, -0.25) is 19.3 Å². The third-order valence-corrected chi connectivity index (χ3v) is 7.90. The van der Waals surface area contributed by atoms with E-state index in [1.54, 1.807) is 31.2 Å². The summed E-state index contributed by atoms with van der Waals surface area (Å²) in [7, 11) is 1.22. The second-order valence-electron chi connectivity index (χ2n) is 9.28. The molecule has 15 heteroatoms. The van der Waals surface area contributed by atoms with E-state index in [0.717, 1.165) is 17.7 Å². The van der Waals surface area contributed by atoms with Crippen LogP contribution in [-0.4, -0.2) is 53.3 Å². The van der Waals surface area contributed by atoms with E-state index in [1.165, 1.54) is 25.3 Å². The van der Waals surface area contributed by atoms with Crippen molar-refractivity contribution in [2.45, 2.75) is 19.7 Å². The number of alkyl halides is 3. The Morgan fingerprint density at radius 1 is 1.04 bits per heavy atom. The monoisotopic (exact) mass is 756 g/mol. The van der Waals surface area contributed by atoms with Crippen molar-refractivity contribution in [3.05, 3.63) is 85.3 Å². The first-order valence-corrected chi connectivity index (χ1v) is 14.9. The number of halogens is 4. The SMILES string of the molecule is CCOc1cc(/C=C2\SC(=O)N(CC(=O)Nc3cc(C(F)(F)F)ccc3OC)C2=O)cc(I)c1OCc1ccc(C(=O)O)cc1. The number of thioether (sulfide) groups is 1. The number of hydrogen-bond donors (Lipinski definition) is 2. The van der Waals surface area contributed by atoms with Crippen molar-refractivity contribution in [1.29, 1.82) is 0 Å². The van der Waals surface area contributed by atoms with Gasteiger partial charge in [0.1, 0.15) is 18.9 Å². The number of aromatic carboxylic acids is 1. The molecule has 236 valence electrons. The Balaban J connectivity index is 1.49. The number of benzene rings is 3. The van der Waals surface area contributed by atoms with Gasteiger partial charge in [0.25, 0.3) is 11.1 Å². The van der Waals surface area contributed by atoms with Crippen LogP contribution in [-0.2, 0) is 22.4 Å². The molecule has 3 aromatic rings. The minimum Gasteiger partial charge on any atom is -0.495 e. The van der Waals surface area contributed by atoms with Crippen molar-refractivity contribution >= 4 is 69.1 Å². The minimum absolute atomic E-state index is 0.0230. The predicted molar refractivity (Wildman–Crippen MR) is 167 cm³/mol. The molecule has 0 radical (unpaired) electrons. The van der Waals surface area contributed by atoms with Crippen LogP contribution in [0.15, 0.2) is 59.5 Å². The Kier molecular flexibility index (Phi) is 10.6. The van der Waals surface area contributed by atoms with Gasteiger partial charge in [-0.05, 0) is 101 Å². The number of rotatable bonds is 11. The van der Waals surface area contributed by atoms with E-state index in [1.807, 2.05) is 22.6 Å². The van der Waals surface area contributed by atoms with E-state index in [9.17, 15) is 32.3 Å². The van der Waals surface area contributed by atoms with Gasteiger partial charge < -0.3 is 24.6 Å². The van der Waals surface area contributed by atoms with Gasteiger partial charge in [0.15, 0.2) is 11.5 Å². The maximum Gasteiger partial charge on any atom is 0.416 e. The molecule has 0 bridgehead atoms. The molecule has 0 aromatic heterocycles. The average molecular weight is 756 g/mol. The Morgan fingerprint density at radius 2 is 1.76 bits per heavy atom. The molecule has 1 heterocycles. The van der Waals surface area contributed by atoms with E-state index < -0.39 is 41.3 Å². The fraction of sp³-hybridized carbons (Fsp3) is 0.200. The summed E-state index contributed by atoms with van der Waals surface area (Å²) in [4.78, 5) is 50.2. The van der Waals surface area contributed by atoms with Crippen LogP contribution < -0.4 is 19.5 Å². The fourth-order valence-corrected chi connectivity index (χ4v) is 5.70. The number of imide groups is 1. The minimum atomic E-state index is -4.66. The molecule has 0 saturated carbocycles. The molecule has 1 saturated heterocycles. The van der Waals surface area contributed by atoms with Gasteiger partial charge in [-0.2, -0.15) is 13.2 Å². The number of nitrogens with zero attached hydrogens (tertiary/aromatic N) is 1. The molecule has 1 aliphatic rings. The Labute approximate surface area is 272 Å². The highest BCUT2D eigenvalue weighted by molar-refractivity contribution is 14.1. The number of amides is 3. The summed E-state index contributed by atoms with van der Waals surface area (Å²) in [6.07, 6.45) is -3.21. The molecule has 1 aliphatic heterocycles. The quantitative estimate of drug-likeness (QED) is 0.163. The number of carbonyl (C=O) groups is 4. The largest absolute Gasteiger partial charge is 0.495 e. The molecule has 2 N–H and O–H groups in total. The zero-order valence-corrected chi connectivity index (χ0v) is 26.5. The molecule has 4 rings (SSSR count). The number of methoxy groups -OCH3 is 1. The van der Waals surface area contributed by atoms with Crippen LogP contribution in [0.1, 0.15) is 34.0 Å². The van der Waals surface area contributed by atoms with E-state index >= 15 is 0 Å². The highest BCUT2D eigenvalue weighted by Gasteiger charge is 2.37. The highest BCUT2D eigenvalue weighted by atomic mass is 127. The maximum atomic E-state index is 13.2. The van der Waals surface area contributed by atoms with Crippen LogP contribution in [0.2, 0.25) is 0 Å². The highest BCUT2D eigenvalue weighted by Crippen LogP contribution is 2.38. The van der Waals surface area contributed by atoms with Crippen molar-refractivity contribution in [2.75, 3.05) is 25.6 Å². The molecule has 1 fully saturated rings. The molecule has 0 aliphatic carbocycles. The van der Waals surface area contributed by atoms with Crippen LogP contribution in [0.4, 0.5) is 23.7 Å². The van der Waals surface area contributed by atoms with Crippen LogP contribution in [0.3, 0.4) is 0 Å². The fourth-order valence-electron chi connectivity index (χ4n) is 4.08. The summed E-state index contributed by atoms with van der Waals surface area (Å²) in [6.45, 7) is 1.47. The molecular weight excluding hydrogens is 732 g/mol. The second kappa shape index (κ2) is 14.2. The first-order valence-electron chi connectivity index (χ1n) is 13.0. The van der Waals surface area contributed by atoms with E-state index in [-0.39, 0.29) is 28.5 Å². The first kappa shape index (κ1) is 33.6. The standard InChI is InChI=1S/C30H24F3IN2O8S/c1-3-43-23-11-17(10-20(34)26(23)44-15-16-4-6-18(7-5-16)28(39)40)12-24-27(38)36(29(41)45-24)14-25(37)35-21-13-19(30(31,32)33)8-9-22(21)42-2/h4-13H,3,14-15H2,1-2H3,(H,35,37)(H,39,40)/b24-12-. The average Bonchev–Trinajstić information content (AvgIpc) is 3.23. The third-order valence-electron chi connectivity index (χ3n) is 6.19. The number of carboxylic acid groups (broad SMARTS) is 1. The van der Waals surface area contributed by atoms with Crippen molar-refractivity contribution in [3.63, 3.8) is 0 Å². The number of carboxylic acids is 1. The smallest absolute Gasteiger partial charge is 0.416 e. The topological polar surface area (TPSA) is 131 Å². The molecule has 0 spiro atoms. The molecule has 45 heavy (non-hydrogen) atoms. The van der Waals surface area contributed by atoms with Crippen molar-refractivity contribution in [2.24, 2.45) is 0 Å².